The van der Waals surface area contributed by atoms with E-state index >= 15 is 0 Å². The monoisotopic (exact) mass is 382 g/mol. The van der Waals surface area contributed by atoms with Crippen molar-refractivity contribution < 1.29 is 44.6 Å². The zero-order valence-corrected chi connectivity index (χ0v) is 12.9. The molecule has 0 bridgehead atoms. The second-order valence-electron chi connectivity index (χ2n) is 5.57. The predicted octanol–water partition coefficient (Wildman–Crippen LogP) is 5.53. The molecule has 144 valence electrons. The van der Waals surface area contributed by atoms with Crippen molar-refractivity contribution in [2.75, 3.05) is 0 Å². The van der Waals surface area contributed by atoms with Crippen LogP contribution in [0.15, 0.2) is 24.3 Å². The van der Waals surface area contributed by atoms with Gasteiger partial charge in [-0.05, 0) is 17.5 Å². The molecule has 0 aromatic heterocycles. The molecule has 0 radical (unpaired) electrons. The predicted molar refractivity (Wildman–Crippen MR) is 70.9 cm³/mol. The maximum Gasteiger partial charge on any atom is 0.460 e. The molecule has 0 saturated carbocycles. The van der Waals surface area contributed by atoms with E-state index in [0.717, 1.165) is 6.07 Å². The Morgan fingerprint density at radius 3 is 1.96 bits per heavy atom. The van der Waals surface area contributed by atoms with Gasteiger partial charge in [-0.1, -0.05) is 37.6 Å². The van der Waals surface area contributed by atoms with E-state index in [1.807, 2.05) is 0 Å². The van der Waals surface area contributed by atoms with Gasteiger partial charge in [0.1, 0.15) is 0 Å². The van der Waals surface area contributed by atoms with Gasteiger partial charge in [0.25, 0.3) is 0 Å². The maximum absolute atomic E-state index is 13.5. The lowest BCUT2D eigenvalue weighted by atomic mass is 9.94. The van der Waals surface area contributed by atoms with Crippen molar-refractivity contribution in [3.05, 3.63) is 35.4 Å². The van der Waals surface area contributed by atoms with Gasteiger partial charge in [-0.15, -0.1) is 0 Å². The molecule has 0 amide bonds. The lowest BCUT2D eigenvalue weighted by Crippen LogP contribution is -2.61. The molecule has 1 unspecified atom stereocenters. The summed E-state index contributed by atoms with van der Waals surface area (Å²) < 4.78 is 115. The van der Waals surface area contributed by atoms with Crippen LogP contribution in [0, 0.1) is 0 Å². The summed E-state index contributed by atoms with van der Waals surface area (Å²) in [5.41, 5.74) is 0.284. The van der Waals surface area contributed by atoms with Crippen LogP contribution in [-0.2, 0) is 6.42 Å². The molecule has 0 fully saturated rings. The van der Waals surface area contributed by atoms with Crippen LogP contribution in [0.4, 0.5) is 39.5 Å². The highest BCUT2D eigenvalue weighted by Gasteiger charge is 2.81. The van der Waals surface area contributed by atoms with E-state index in [9.17, 15) is 44.6 Å². The summed E-state index contributed by atoms with van der Waals surface area (Å²) >= 11 is 0. The number of halogens is 9. The Balaban J connectivity index is 3.08. The quantitative estimate of drug-likeness (QED) is 0.615. The standard InChI is InChI=1S/C15H15F9O/c1-2-4-9-5-3-6-10(7-9)11(25)8-12(16,17)13(18,19)14(20,21)15(22,23)24/h3,5-7,11,25H,2,4,8H2,1H3. The van der Waals surface area contributed by atoms with Crippen molar-refractivity contribution in [1.29, 1.82) is 0 Å². The lowest BCUT2D eigenvalue weighted by Gasteiger charge is -2.34. The van der Waals surface area contributed by atoms with E-state index in [1.54, 1.807) is 13.0 Å². The van der Waals surface area contributed by atoms with Crippen LogP contribution in [-0.4, -0.2) is 29.1 Å². The van der Waals surface area contributed by atoms with Gasteiger partial charge in [0.15, 0.2) is 0 Å². The molecule has 0 spiro atoms. The molecule has 0 heterocycles. The molecule has 1 atom stereocenters. The first-order valence-electron chi connectivity index (χ1n) is 7.14. The molecule has 0 saturated heterocycles. The SMILES string of the molecule is CCCc1cccc(C(O)CC(F)(F)C(F)(F)C(F)(F)C(F)(F)F)c1. The third kappa shape index (κ3) is 4.21. The van der Waals surface area contributed by atoms with Gasteiger partial charge in [-0.3, -0.25) is 0 Å². The fourth-order valence-electron chi connectivity index (χ4n) is 2.14. The molecule has 0 aliphatic carbocycles. The number of aryl methyl sites for hydroxylation is 1. The zero-order valence-electron chi connectivity index (χ0n) is 12.9. The Hall–Kier alpha value is -1.45. The van der Waals surface area contributed by atoms with E-state index in [4.69, 9.17) is 0 Å². The summed E-state index contributed by atoms with van der Waals surface area (Å²) in [4.78, 5) is 0. The number of rotatable bonds is 7. The number of hydrogen-bond donors (Lipinski definition) is 1. The van der Waals surface area contributed by atoms with E-state index < -0.39 is 36.5 Å². The first-order valence-corrected chi connectivity index (χ1v) is 7.14. The van der Waals surface area contributed by atoms with Crippen molar-refractivity contribution in [1.82, 2.24) is 0 Å². The normalized spacial score (nSPS) is 15.3. The van der Waals surface area contributed by atoms with E-state index in [2.05, 4.69) is 0 Å². The molecule has 0 aliphatic heterocycles. The van der Waals surface area contributed by atoms with Crippen LogP contribution in [0.2, 0.25) is 0 Å². The minimum atomic E-state index is -6.95. The van der Waals surface area contributed by atoms with Crippen molar-refractivity contribution in [3.63, 3.8) is 0 Å². The molecule has 1 N–H and O–H groups in total. The largest absolute Gasteiger partial charge is 0.460 e. The van der Waals surface area contributed by atoms with Crippen LogP contribution < -0.4 is 0 Å². The highest BCUT2D eigenvalue weighted by molar-refractivity contribution is 5.25. The van der Waals surface area contributed by atoms with Gasteiger partial charge < -0.3 is 5.11 Å². The number of aliphatic hydroxyl groups excluding tert-OH is 1. The van der Waals surface area contributed by atoms with Gasteiger partial charge in [0, 0.05) is 6.42 Å². The molecule has 1 rings (SSSR count). The molecule has 25 heavy (non-hydrogen) atoms. The van der Waals surface area contributed by atoms with Gasteiger partial charge in [0.05, 0.1) is 6.10 Å². The van der Waals surface area contributed by atoms with Crippen LogP contribution in [0.5, 0.6) is 0 Å². The molecule has 0 aliphatic rings. The van der Waals surface area contributed by atoms with E-state index in [1.165, 1.54) is 12.1 Å². The lowest BCUT2D eigenvalue weighted by molar-refractivity contribution is -0.398. The third-order valence-electron chi connectivity index (χ3n) is 3.53. The van der Waals surface area contributed by atoms with Gasteiger partial charge >= 0.3 is 23.9 Å². The first kappa shape index (κ1) is 21.6. The smallest absolute Gasteiger partial charge is 0.388 e. The highest BCUT2D eigenvalue weighted by atomic mass is 19.4. The minimum Gasteiger partial charge on any atom is -0.388 e. The minimum absolute atomic E-state index is 0.281. The fourth-order valence-corrected chi connectivity index (χ4v) is 2.14. The van der Waals surface area contributed by atoms with Crippen LogP contribution in [0.3, 0.4) is 0 Å². The number of benzene rings is 1. The summed E-state index contributed by atoms with van der Waals surface area (Å²) in [5, 5.41) is 9.64. The van der Waals surface area contributed by atoms with Gasteiger partial charge in [-0.2, -0.15) is 39.5 Å². The summed E-state index contributed by atoms with van der Waals surface area (Å²) in [6.45, 7) is 1.79. The number of alkyl halides is 9. The van der Waals surface area contributed by atoms with Gasteiger partial charge in [-0.25, -0.2) is 0 Å². The molecular formula is C15H15F9O. The highest BCUT2D eigenvalue weighted by Crippen LogP contribution is 2.55. The average Bonchev–Trinajstić information content (AvgIpc) is 2.45. The molecule has 1 nitrogen and oxygen atoms in total. The Labute approximate surface area is 137 Å². The Bertz CT molecular complexity index is 581. The van der Waals surface area contributed by atoms with Crippen LogP contribution in [0.1, 0.15) is 37.0 Å². The van der Waals surface area contributed by atoms with Crippen molar-refractivity contribution in [3.8, 4) is 0 Å². The van der Waals surface area contributed by atoms with Gasteiger partial charge in [0.2, 0.25) is 0 Å². The maximum atomic E-state index is 13.5. The Morgan fingerprint density at radius 2 is 1.48 bits per heavy atom. The number of aliphatic hydroxyl groups is 1. The Kier molecular flexibility index (Phi) is 6.09. The van der Waals surface area contributed by atoms with Crippen molar-refractivity contribution >= 4 is 0 Å². The molecular weight excluding hydrogens is 367 g/mol. The second-order valence-corrected chi connectivity index (χ2v) is 5.57. The fraction of sp³-hybridized carbons (Fsp3) is 0.600. The van der Waals surface area contributed by atoms with Crippen molar-refractivity contribution in [2.45, 2.75) is 56.2 Å². The van der Waals surface area contributed by atoms with Crippen molar-refractivity contribution in [2.24, 2.45) is 0 Å². The summed E-state index contributed by atoms with van der Waals surface area (Å²) in [6.07, 6.45) is -10.4. The second kappa shape index (κ2) is 7.05. The molecule has 10 heteroatoms. The van der Waals surface area contributed by atoms with Crippen LogP contribution >= 0.6 is 0 Å². The summed E-state index contributed by atoms with van der Waals surface area (Å²) in [5.74, 6) is -19.5. The molecule has 1 aromatic carbocycles. The summed E-state index contributed by atoms with van der Waals surface area (Å²) in [6, 6.07) is 5.17. The number of hydrogen-bond acceptors (Lipinski definition) is 1. The summed E-state index contributed by atoms with van der Waals surface area (Å²) in [7, 11) is 0. The van der Waals surface area contributed by atoms with E-state index in [-0.39, 0.29) is 5.56 Å². The zero-order chi connectivity index (χ0) is 19.7. The van der Waals surface area contributed by atoms with Crippen LogP contribution in [0.25, 0.3) is 0 Å². The average molecular weight is 382 g/mol. The topological polar surface area (TPSA) is 20.2 Å². The first-order chi connectivity index (χ1) is 11.2. The molecule has 1 aromatic rings. The third-order valence-corrected chi connectivity index (χ3v) is 3.53. The van der Waals surface area contributed by atoms with E-state index in [0.29, 0.717) is 18.4 Å². The Morgan fingerprint density at radius 1 is 0.920 bits per heavy atom.